The van der Waals surface area contributed by atoms with Gasteiger partial charge in [-0.15, -0.1) is 0 Å². The second-order valence-corrected chi connectivity index (χ2v) is 3.84. The van der Waals surface area contributed by atoms with Crippen LogP contribution in [0.5, 0.6) is 0 Å². The minimum atomic E-state index is 0.596. The molecule has 0 N–H and O–H groups in total. The molecule has 4 heteroatoms. The van der Waals surface area contributed by atoms with Crippen molar-refractivity contribution in [2.24, 2.45) is 0 Å². The second kappa shape index (κ2) is 3.92. The first-order chi connectivity index (χ1) is 6.77. The first kappa shape index (κ1) is 9.40. The zero-order valence-electron chi connectivity index (χ0n) is 8.72. The van der Waals surface area contributed by atoms with Crippen molar-refractivity contribution in [3.8, 4) is 0 Å². The summed E-state index contributed by atoms with van der Waals surface area (Å²) in [6.07, 6.45) is 3.41. The Kier molecular flexibility index (Phi) is 2.63. The van der Waals surface area contributed by atoms with Gasteiger partial charge in [-0.1, -0.05) is 0 Å². The minimum absolute atomic E-state index is 0.596. The van der Waals surface area contributed by atoms with Crippen LogP contribution < -0.4 is 4.90 Å². The minimum Gasteiger partial charge on any atom is -0.354 e. The SMILES string of the molecule is C[C@H]1CN(c2ccncn2)CCN1C. The van der Waals surface area contributed by atoms with E-state index in [1.807, 2.05) is 6.07 Å². The molecule has 0 amide bonds. The third-order valence-corrected chi connectivity index (χ3v) is 2.85. The second-order valence-electron chi connectivity index (χ2n) is 3.84. The molecular formula is C10H16N4. The van der Waals surface area contributed by atoms with Crippen LogP contribution in [0, 0.1) is 0 Å². The summed E-state index contributed by atoms with van der Waals surface area (Å²) in [4.78, 5) is 12.9. The van der Waals surface area contributed by atoms with Crippen molar-refractivity contribution in [2.75, 3.05) is 31.6 Å². The maximum absolute atomic E-state index is 4.26. The lowest BCUT2D eigenvalue weighted by atomic mass is 10.2. The summed E-state index contributed by atoms with van der Waals surface area (Å²) in [5.41, 5.74) is 0. The van der Waals surface area contributed by atoms with Crippen LogP contribution in [0.4, 0.5) is 5.82 Å². The molecule has 4 nitrogen and oxygen atoms in total. The molecule has 0 bridgehead atoms. The van der Waals surface area contributed by atoms with E-state index in [4.69, 9.17) is 0 Å². The molecule has 2 heterocycles. The van der Waals surface area contributed by atoms with Gasteiger partial charge in [0, 0.05) is 31.9 Å². The number of aromatic nitrogens is 2. The van der Waals surface area contributed by atoms with Crippen LogP contribution in [0.15, 0.2) is 18.6 Å². The molecule has 0 unspecified atom stereocenters. The van der Waals surface area contributed by atoms with Crippen molar-refractivity contribution in [3.63, 3.8) is 0 Å². The van der Waals surface area contributed by atoms with Crippen molar-refractivity contribution in [1.29, 1.82) is 0 Å². The van der Waals surface area contributed by atoms with Gasteiger partial charge in [-0.2, -0.15) is 0 Å². The van der Waals surface area contributed by atoms with Gasteiger partial charge in [0.25, 0.3) is 0 Å². The number of piperazine rings is 1. The first-order valence-corrected chi connectivity index (χ1v) is 4.98. The zero-order valence-corrected chi connectivity index (χ0v) is 8.72. The lowest BCUT2D eigenvalue weighted by Crippen LogP contribution is -2.50. The molecule has 1 fully saturated rings. The van der Waals surface area contributed by atoms with E-state index in [0.717, 1.165) is 25.5 Å². The van der Waals surface area contributed by atoms with Gasteiger partial charge in [0.05, 0.1) is 0 Å². The van der Waals surface area contributed by atoms with Gasteiger partial charge in [0.1, 0.15) is 12.1 Å². The summed E-state index contributed by atoms with van der Waals surface area (Å²) in [5.74, 6) is 1.04. The van der Waals surface area contributed by atoms with Gasteiger partial charge >= 0.3 is 0 Å². The molecule has 14 heavy (non-hydrogen) atoms. The van der Waals surface area contributed by atoms with Gasteiger partial charge in [-0.05, 0) is 20.0 Å². The fourth-order valence-electron chi connectivity index (χ4n) is 1.73. The van der Waals surface area contributed by atoms with Gasteiger partial charge < -0.3 is 9.80 Å². The molecule has 1 aromatic rings. The van der Waals surface area contributed by atoms with Crippen molar-refractivity contribution in [2.45, 2.75) is 13.0 Å². The highest BCUT2D eigenvalue weighted by atomic mass is 15.3. The average Bonchev–Trinajstić information content (AvgIpc) is 2.23. The Morgan fingerprint density at radius 3 is 2.93 bits per heavy atom. The van der Waals surface area contributed by atoms with Gasteiger partial charge in [0.2, 0.25) is 0 Å². The van der Waals surface area contributed by atoms with E-state index < -0.39 is 0 Å². The average molecular weight is 192 g/mol. The number of hydrogen-bond acceptors (Lipinski definition) is 4. The molecule has 1 aliphatic heterocycles. The quantitative estimate of drug-likeness (QED) is 0.653. The smallest absolute Gasteiger partial charge is 0.131 e. The molecule has 0 radical (unpaired) electrons. The van der Waals surface area contributed by atoms with E-state index in [1.165, 1.54) is 0 Å². The summed E-state index contributed by atoms with van der Waals surface area (Å²) >= 11 is 0. The van der Waals surface area contributed by atoms with Crippen LogP contribution in [-0.2, 0) is 0 Å². The Balaban J connectivity index is 2.07. The lowest BCUT2D eigenvalue weighted by Gasteiger charge is -2.38. The highest BCUT2D eigenvalue weighted by Gasteiger charge is 2.20. The van der Waals surface area contributed by atoms with Gasteiger partial charge in [0.15, 0.2) is 0 Å². The van der Waals surface area contributed by atoms with E-state index in [0.29, 0.717) is 6.04 Å². The number of nitrogens with zero attached hydrogens (tertiary/aromatic N) is 4. The van der Waals surface area contributed by atoms with E-state index in [9.17, 15) is 0 Å². The van der Waals surface area contributed by atoms with Crippen LogP contribution in [0.25, 0.3) is 0 Å². The molecule has 0 aromatic carbocycles. The van der Waals surface area contributed by atoms with E-state index >= 15 is 0 Å². The number of hydrogen-bond donors (Lipinski definition) is 0. The number of rotatable bonds is 1. The molecular weight excluding hydrogens is 176 g/mol. The molecule has 1 atom stereocenters. The maximum atomic E-state index is 4.26. The molecule has 0 spiro atoms. The molecule has 0 aliphatic carbocycles. The predicted molar refractivity (Wildman–Crippen MR) is 56.3 cm³/mol. The predicted octanol–water partition coefficient (Wildman–Crippen LogP) is 0.617. The summed E-state index contributed by atoms with van der Waals surface area (Å²) < 4.78 is 0. The molecule has 0 saturated carbocycles. The Morgan fingerprint density at radius 1 is 1.43 bits per heavy atom. The summed E-state index contributed by atoms with van der Waals surface area (Å²) in [6.45, 7) is 5.45. The van der Waals surface area contributed by atoms with Crippen LogP contribution in [0.2, 0.25) is 0 Å². The van der Waals surface area contributed by atoms with Crippen LogP contribution in [0.3, 0.4) is 0 Å². The summed E-state index contributed by atoms with van der Waals surface area (Å²) in [7, 11) is 2.17. The zero-order chi connectivity index (χ0) is 9.97. The number of likely N-dealkylation sites (N-methyl/N-ethyl adjacent to an activating group) is 1. The summed E-state index contributed by atoms with van der Waals surface area (Å²) in [5, 5.41) is 0. The van der Waals surface area contributed by atoms with Crippen molar-refractivity contribution in [3.05, 3.63) is 18.6 Å². The topological polar surface area (TPSA) is 32.3 Å². The first-order valence-electron chi connectivity index (χ1n) is 4.98. The fourth-order valence-corrected chi connectivity index (χ4v) is 1.73. The molecule has 1 saturated heterocycles. The van der Waals surface area contributed by atoms with E-state index in [1.54, 1.807) is 12.5 Å². The van der Waals surface area contributed by atoms with E-state index in [2.05, 4.69) is 33.7 Å². The van der Waals surface area contributed by atoms with Crippen LogP contribution >= 0.6 is 0 Å². The van der Waals surface area contributed by atoms with Crippen LogP contribution in [-0.4, -0.2) is 47.6 Å². The van der Waals surface area contributed by atoms with Gasteiger partial charge in [-0.3, -0.25) is 0 Å². The fraction of sp³-hybridized carbons (Fsp3) is 0.600. The Morgan fingerprint density at radius 2 is 2.29 bits per heavy atom. The van der Waals surface area contributed by atoms with Gasteiger partial charge in [-0.25, -0.2) is 9.97 Å². The third-order valence-electron chi connectivity index (χ3n) is 2.85. The van der Waals surface area contributed by atoms with Crippen molar-refractivity contribution < 1.29 is 0 Å². The van der Waals surface area contributed by atoms with Crippen molar-refractivity contribution >= 4 is 5.82 Å². The largest absolute Gasteiger partial charge is 0.354 e. The summed E-state index contributed by atoms with van der Waals surface area (Å²) in [6, 6.07) is 2.57. The standard InChI is InChI=1S/C10H16N4/c1-9-7-14(6-5-13(9)2)10-3-4-11-8-12-10/h3-4,8-9H,5-7H2,1-2H3/t9-/m0/s1. The Hall–Kier alpha value is -1.16. The third kappa shape index (κ3) is 1.85. The Bertz CT molecular complexity index is 287. The normalized spacial score (nSPS) is 23.9. The lowest BCUT2D eigenvalue weighted by molar-refractivity contribution is 0.233. The molecule has 2 rings (SSSR count). The number of anilines is 1. The molecule has 76 valence electrons. The van der Waals surface area contributed by atoms with Crippen LogP contribution in [0.1, 0.15) is 6.92 Å². The highest BCUT2D eigenvalue weighted by molar-refractivity contribution is 5.37. The highest BCUT2D eigenvalue weighted by Crippen LogP contribution is 2.14. The monoisotopic (exact) mass is 192 g/mol. The van der Waals surface area contributed by atoms with Crippen molar-refractivity contribution in [1.82, 2.24) is 14.9 Å². The molecule has 1 aromatic heterocycles. The Labute approximate surface area is 84.6 Å². The molecule has 1 aliphatic rings. The van der Waals surface area contributed by atoms with E-state index in [-0.39, 0.29) is 0 Å². The maximum Gasteiger partial charge on any atom is 0.131 e.